The second kappa shape index (κ2) is 6.05. The van der Waals surface area contributed by atoms with E-state index in [-0.39, 0.29) is 12.0 Å². The molecule has 0 saturated heterocycles. The van der Waals surface area contributed by atoms with E-state index >= 15 is 0 Å². The predicted molar refractivity (Wildman–Crippen MR) is 83.1 cm³/mol. The highest BCUT2D eigenvalue weighted by Gasteiger charge is 2.28. The smallest absolute Gasteiger partial charge is 0.338 e. The number of carbonyl (C=O) groups excluding carboxylic acids is 1. The maximum absolute atomic E-state index is 12.2. The Morgan fingerprint density at radius 1 is 1.35 bits per heavy atom. The first kappa shape index (κ1) is 14.5. The third-order valence-electron chi connectivity index (χ3n) is 3.12. The summed E-state index contributed by atoms with van der Waals surface area (Å²) in [6.07, 6.45) is 0. The molecule has 0 fully saturated rings. The minimum absolute atomic E-state index is 0.181. The van der Waals surface area contributed by atoms with Crippen LogP contribution in [-0.2, 0) is 9.53 Å². The molecule has 1 aromatic rings. The van der Waals surface area contributed by atoms with Crippen molar-refractivity contribution in [1.82, 2.24) is 10.6 Å². The van der Waals surface area contributed by atoms with Gasteiger partial charge in [-0.15, -0.1) is 0 Å². The Bertz CT molecular complexity index is 564. The lowest BCUT2D eigenvalue weighted by Crippen LogP contribution is -2.48. The molecule has 2 N–H and O–H groups in total. The zero-order valence-corrected chi connectivity index (χ0v) is 12.6. The summed E-state index contributed by atoms with van der Waals surface area (Å²) in [6, 6.07) is 7.76. The molecule has 4 nitrogen and oxygen atoms in total. The van der Waals surface area contributed by atoms with Gasteiger partial charge >= 0.3 is 5.97 Å². The van der Waals surface area contributed by atoms with Crippen LogP contribution in [0, 0.1) is 6.92 Å². The molecule has 2 rings (SSSR count). The van der Waals surface area contributed by atoms with Crippen molar-refractivity contribution in [3.63, 3.8) is 0 Å². The van der Waals surface area contributed by atoms with E-state index < -0.39 is 0 Å². The van der Waals surface area contributed by atoms with Crippen molar-refractivity contribution < 1.29 is 9.53 Å². The molecule has 0 amide bonds. The van der Waals surface area contributed by atoms with E-state index in [2.05, 4.69) is 10.6 Å². The van der Waals surface area contributed by atoms with Gasteiger partial charge in [-0.25, -0.2) is 4.79 Å². The number of hydrogen-bond acceptors (Lipinski definition) is 3. The molecule has 0 saturated carbocycles. The third-order valence-corrected chi connectivity index (χ3v) is 3.34. The Morgan fingerprint density at radius 2 is 2.00 bits per heavy atom. The molecule has 1 aliphatic heterocycles. The van der Waals surface area contributed by atoms with Crippen LogP contribution < -0.4 is 10.6 Å². The lowest BCUT2D eigenvalue weighted by molar-refractivity contribution is -0.138. The van der Waals surface area contributed by atoms with Crippen molar-refractivity contribution in [1.29, 1.82) is 0 Å². The SMILES string of the molecule is CCOC(=O)C1=C(c2ccc(C)cc2)NC(=S)NC1C. The summed E-state index contributed by atoms with van der Waals surface area (Å²) in [5.74, 6) is -0.321. The number of nitrogens with one attached hydrogen (secondary N) is 2. The lowest BCUT2D eigenvalue weighted by atomic mass is 9.98. The van der Waals surface area contributed by atoms with Gasteiger partial charge in [-0.2, -0.15) is 0 Å². The van der Waals surface area contributed by atoms with Crippen LogP contribution in [0.3, 0.4) is 0 Å². The minimum atomic E-state index is -0.321. The van der Waals surface area contributed by atoms with E-state index in [1.165, 1.54) is 0 Å². The molecule has 1 heterocycles. The van der Waals surface area contributed by atoms with Crippen LogP contribution in [0.5, 0.6) is 0 Å². The monoisotopic (exact) mass is 290 g/mol. The van der Waals surface area contributed by atoms with E-state index in [0.29, 0.717) is 17.3 Å². The molecule has 0 spiro atoms. The van der Waals surface area contributed by atoms with Gasteiger partial charge in [0.15, 0.2) is 5.11 Å². The second-order valence-electron chi connectivity index (χ2n) is 4.70. The third kappa shape index (κ3) is 2.99. The number of carbonyl (C=O) groups is 1. The minimum Gasteiger partial charge on any atom is -0.463 e. The maximum atomic E-state index is 12.2. The van der Waals surface area contributed by atoms with Crippen LogP contribution in [0.4, 0.5) is 0 Å². The number of hydrogen-bond donors (Lipinski definition) is 2. The Kier molecular flexibility index (Phi) is 4.39. The normalized spacial score (nSPS) is 18.4. The molecular formula is C15H18N2O2S. The van der Waals surface area contributed by atoms with Crippen LogP contribution in [0.25, 0.3) is 5.70 Å². The van der Waals surface area contributed by atoms with Gasteiger partial charge in [0.2, 0.25) is 0 Å². The number of esters is 1. The number of thiocarbonyl (C=S) groups is 1. The summed E-state index contributed by atoms with van der Waals surface area (Å²) in [6.45, 7) is 6.06. The van der Waals surface area contributed by atoms with Crippen LogP contribution in [0.2, 0.25) is 0 Å². The van der Waals surface area contributed by atoms with Crippen LogP contribution in [0.15, 0.2) is 29.8 Å². The summed E-state index contributed by atoms with van der Waals surface area (Å²) in [7, 11) is 0. The van der Waals surface area contributed by atoms with Gasteiger partial charge < -0.3 is 15.4 Å². The Hall–Kier alpha value is -1.88. The Labute approximate surface area is 124 Å². The number of aryl methyl sites for hydroxylation is 1. The molecule has 5 heteroatoms. The molecule has 1 atom stereocenters. The first-order chi connectivity index (χ1) is 9.52. The van der Waals surface area contributed by atoms with Gasteiger partial charge in [-0.05, 0) is 38.6 Å². The Morgan fingerprint density at radius 3 is 2.60 bits per heavy atom. The molecule has 106 valence electrons. The molecule has 1 unspecified atom stereocenters. The zero-order valence-electron chi connectivity index (χ0n) is 11.8. The maximum Gasteiger partial charge on any atom is 0.338 e. The van der Waals surface area contributed by atoms with Crippen molar-refractivity contribution in [3.8, 4) is 0 Å². The van der Waals surface area contributed by atoms with Crippen LogP contribution in [0.1, 0.15) is 25.0 Å². The van der Waals surface area contributed by atoms with E-state index in [1.54, 1.807) is 6.92 Å². The highest BCUT2D eigenvalue weighted by Crippen LogP contribution is 2.23. The van der Waals surface area contributed by atoms with E-state index in [1.807, 2.05) is 38.1 Å². The molecule has 0 aliphatic carbocycles. The molecule has 20 heavy (non-hydrogen) atoms. The predicted octanol–water partition coefficient (Wildman–Crippen LogP) is 2.14. The first-order valence-corrected chi connectivity index (χ1v) is 6.99. The van der Waals surface area contributed by atoms with Gasteiger partial charge in [0.05, 0.1) is 23.9 Å². The fourth-order valence-corrected chi connectivity index (χ4v) is 2.42. The molecule has 0 radical (unpaired) electrons. The topological polar surface area (TPSA) is 50.4 Å². The van der Waals surface area contributed by atoms with Crippen LogP contribution >= 0.6 is 12.2 Å². The summed E-state index contributed by atoms with van der Waals surface area (Å²) in [5.41, 5.74) is 3.38. The number of rotatable bonds is 3. The van der Waals surface area contributed by atoms with E-state index in [9.17, 15) is 4.79 Å². The van der Waals surface area contributed by atoms with Crippen molar-refractivity contribution in [3.05, 3.63) is 41.0 Å². The second-order valence-corrected chi connectivity index (χ2v) is 5.10. The number of benzene rings is 1. The van der Waals surface area contributed by atoms with E-state index in [0.717, 1.165) is 16.8 Å². The summed E-state index contributed by atoms with van der Waals surface area (Å²) < 4.78 is 5.14. The van der Waals surface area contributed by atoms with Gasteiger partial charge in [0, 0.05) is 0 Å². The average molecular weight is 290 g/mol. The highest BCUT2D eigenvalue weighted by molar-refractivity contribution is 7.80. The van der Waals surface area contributed by atoms with Gasteiger partial charge in [-0.1, -0.05) is 29.8 Å². The highest BCUT2D eigenvalue weighted by atomic mass is 32.1. The lowest BCUT2D eigenvalue weighted by Gasteiger charge is -2.28. The zero-order chi connectivity index (χ0) is 14.7. The Balaban J connectivity index is 2.50. The number of ether oxygens (including phenoxy) is 1. The molecule has 1 aliphatic rings. The van der Waals surface area contributed by atoms with Gasteiger partial charge in [-0.3, -0.25) is 0 Å². The summed E-state index contributed by atoms with van der Waals surface area (Å²) in [4.78, 5) is 12.2. The molecule has 0 bridgehead atoms. The van der Waals surface area contributed by atoms with Gasteiger partial charge in [0.25, 0.3) is 0 Å². The molecule has 1 aromatic carbocycles. The quantitative estimate of drug-likeness (QED) is 0.660. The molecular weight excluding hydrogens is 272 g/mol. The van der Waals surface area contributed by atoms with Crippen molar-refractivity contribution in [2.75, 3.05) is 6.61 Å². The fourth-order valence-electron chi connectivity index (χ4n) is 2.14. The summed E-state index contributed by atoms with van der Waals surface area (Å²) >= 11 is 5.18. The molecule has 0 aromatic heterocycles. The van der Waals surface area contributed by atoms with Gasteiger partial charge in [0.1, 0.15) is 0 Å². The average Bonchev–Trinajstić information content (AvgIpc) is 2.38. The standard InChI is InChI=1S/C15H18N2O2S/c1-4-19-14(18)12-10(3)16-15(20)17-13(12)11-7-5-9(2)6-8-11/h5-8,10H,4H2,1-3H3,(H2,16,17,20). The van der Waals surface area contributed by atoms with Crippen LogP contribution in [-0.4, -0.2) is 23.7 Å². The fraction of sp³-hybridized carbons (Fsp3) is 0.333. The largest absolute Gasteiger partial charge is 0.463 e. The first-order valence-electron chi connectivity index (χ1n) is 6.58. The van der Waals surface area contributed by atoms with E-state index in [4.69, 9.17) is 17.0 Å². The van der Waals surface area contributed by atoms with Crippen molar-refractivity contribution >= 4 is 29.0 Å². The summed E-state index contributed by atoms with van der Waals surface area (Å²) in [5, 5.41) is 6.63. The van der Waals surface area contributed by atoms with Crippen molar-refractivity contribution in [2.45, 2.75) is 26.8 Å². The van der Waals surface area contributed by atoms with Crippen molar-refractivity contribution in [2.24, 2.45) is 0 Å².